The third-order valence-corrected chi connectivity index (χ3v) is 3.03. The minimum atomic E-state index is 0.264. The second kappa shape index (κ2) is 6.18. The van der Waals surface area contributed by atoms with Crippen LogP contribution in [0.2, 0.25) is 0 Å². The van der Waals surface area contributed by atoms with Crippen LogP contribution in [0.25, 0.3) is 0 Å². The highest BCUT2D eigenvalue weighted by Crippen LogP contribution is 2.22. The molecule has 4 nitrogen and oxygen atoms in total. The van der Waals surface area contributed by atoms with Crippen molar-refractivity contribution in [3.63, 3.8) is 0 Å². The highest BCUT2D eigenvalue weighted by molar-refractivity contribution is 5.48. The smallest absolute Gasteiger partial charge is 0.132 e. The molecule has 2 aromatic rings. The van der Waals surface area contributed by atoms with Crippen molar-refractivity contribution >= 4 is 11.6 Å². The molecule has 0 aliphatic rings. The lowest BCUT2D eigenvalue weighted by molar-refractivity contribution is 0.743. The molecule has 1 aromatic carbocycles. The minimum absolute atomic E-state index is 0.264. The van der Waals surface area contributed by atoms with Gasteiger partial charge >= 0.3 is 0 Å². The molecule has 2 N–H and O–H groups in total. The van der Waals surface area contributed by atoms with E-state index in [1.54, 1.807) is 0 Å². The summed E-state index contributed by atoms with van der Waals surface area (Å²) in [4.78, 5) is 8.73. The fourth-order valence-corrected chi connectivity index (χ4v) is 2.05. The van der Waals surface area contributed by atoms with E-state index in [4.69, 9.17) is 0 Å². The van der Waals surface area contributed by atoms with E-state index < -0.39 is 0 Å². The lowest BCUT2D eigenvalue weighted by Gasteiger charge is -2.18. The molecular formula is C15H20N4. The number of hydrogen-bond acceptors (Lipinski definition) is 4. The Hall–Kier alpha value is -2.10. The van der Waals surface area contributed by atoms with Gasteiger partial charge in [-0.1, -0.05) is 37.3 Å². The van der Waals surface area contributed by atoms with Crippen molar-refractivity contribution < 1.29 is 0 Å². The standard InChI is InChI=1S/C15H20N4/c1-4-13(12-8-6-5-7-9-12)19-15-10-14(16-3)17-11(2)18-15/h5-10,13H,4H2,1-3H3,(H2,16,17,18,19). The Bertz CT molecular complexity index is 525. The van der Waals surface area contributed by atoms with Gasteiger partial charge in [0.25, 0.3) is 0 Å². The minimum Gasteiger partial charge on any atom is -0.373 e. The zero-order valence-corrected chi connectivity index (χ0v) is 11.6. The first-order chi connectivity index (χ1) is 9.22. The maximum absolute atomic E-state index is 4.43. The van der Waals surface area contributed by atoms with Gasteiger partial charge in [0.1, 0.15) is 17.5 Å². The van der Waals surface area contributed by atoms with Gasteiger partial charge in [-0.05, 0) is 18.9 Å². The molecule has 0 fully saturated rings. The molecule has 4 heteroatoms. The van der Waals surface area contributed by atoms with Crippen molar-refractivity contribution in [3.05, 3.63) is 47.8 Å². The maximum Gasteiger partial charge on any atom is 0.132 e. The van der Waals surface area contributed by atoms with Crippen molar-refractivity contribution in [3.8, 4) is 0 Å². The highest BCUT2D eigenvalue weighted by Gasteiger charge is 2.10. The predicted octanol–water partition coefficient (Wildman–Crippen LogP) is 3.39. The Morgan fingerprint density at radius 1 is 1.11 bits per heavy atom. The molecule has 0 radical (unpaired) electrons. The number of hydrogen-bond donors (Lipinski definition) is 2. The number of benzene rings is 1. The summed E-state index contributed by atoms with van der Waals surface area (Å²) in [5, 5.41) is 6.52. The van der Waals surface area contributed by atoms with Gasteiger partial charge in [0.15, 0.2) is 0 Å². The fourth-order valence-electron chi connectivity index (χ4n) is 2.05. The number of nitrogens with one attached hydrogen (secondary N) is 2. The highest BCUT2D eigenvalue weighted by atomic mass is 15.1. The SMILES string of the molecule is CCC(Nc1cc(NC)nc(C)n1)c1ccccc1. The van der Waals surface area contributed by atoms with Crippen molar-refractivity contribution in [2.24, 2.45) is 0 Å². The Kier molecular flexibility index (Phi) is 4.34. The van der Waals surface area contributed by atoms with E-state index in [-0.39, 0.29) is 6.04 Å². The predicted molar refractivity (Wildman–Crippen MR) is 79.4 cm³/mol. The molecule has 0 aliphatic heterocycles. The first kappa shape index (κ1) is 13.3. The number of nitrogens with zero attached hydrogens (tertiary/aromatic N) is 2. The lowest BCUT2D eigenvalue weighted by Crippen LogP contribution is -2.12. The zero-order chi connectivity index (χ0) is 13.7. The average molecular weight is 256 g/mol. The number of aromatic nitrogens is 2. The largest absolute Gasteiger partial charge is 0.373 e. The van der Waals surface area contributed by atoms with Crippen LogP contribution in [-0.2, 0) is 0 Å². The van der Waals surface area contributed by atoms with Crippen LogP contribution < -0.4 is 10.6 Å². The van der Waals surface area contributed by atoms with Gasteiger partial charge in [-0.3, -0.25) is 0 Å². The third kappa shape index (κ3) is 3.44. The second-order valence-electron chi connectivity index (χ2n) is 4.45. The van der Waals surface area contributed by atoms with Crippen LogP contribution in [0, 0.1) is 6.92 Å². The summed E-state index contributed by atoms with van der Waals surface area (Å²) in [5.74, 6) is 2.45. The van der Waals surface area contributed by atoms with Gasteiger partial charge < -0.3 is 10.6 Å². The molecule has 2 rings (SSSR count). The van der Waals surface area contributed by atoms with E-state index >= 15 is 0 Å². The van der Waals surface area contributed by atoms with Gasteiger partial charge in [-0.2, -0.15) is 0 Å². The summed E-state index contributed by atoms with van der Waals surface area (Å²) in [6, 6.07) is 12.6. The summed E-state index contributed by atoms with van der Waals surface area (Å²) >= 11 is 0. The van der Waals surface area contributed by atoms with Gasteiger partial charge in [0.05, 0.1) is 6.04 Å². The van der Waals surface area contributed by atoms with Gasteiger partial charge in [-0.15, -0.1) is 0 Å². The first-order valence-electron chi connectivity index (χ1n) is 6.58. The van der Waals surface area contributed by atoms with E-state index in [0.717, 1.165) is 23.9 Å². The van der Waals surface area contributed by atoms with Crippen LogP contribution in [0.1, 0.15) is 30.8 Å². The molecule has 100 valence electrons. The molecule has 19 heavy (non-hydrogen) atoms. The number of aryl methyl sites for hydroxylation is 1. The molecule has 1 unspecified atom stereocenters. The van der Waals surface area contributed by atoms with Gasteiger partial charge in [-0.25, -0.2) is 9.97 Å². The van der Waals surface area contributed by atoms with Crippen LogP contribution in [0.15, 0.2) is 36.4 Å². The maximum atomic E-state index is 4.43. The van der Waals surface area contributed by atoms with Gasteiger partial charge in [0.2, 0.25) is 0 Å². The molecule has 1 heterocycles. The van der Waals surface area contributed by atoms with E-state index in [9.17, 15) is 0 Å². The van der Waals surface area contributed by atoms with Crippen LogP contribution in [-0.4, -0.2) is 17.0 Å². The molecule has 1 atom stereocenters. The molecule has 0 amide bonds. The average Bonchev–Trinajstić information content (AvgIpc) is 2.45. The molecule has 0 saturated carbocycles. The second-order valence-corrected chi connectivity index (χ2v) is 4.45. The summed E-state index contributed by atoms with van der Waals surface area (Å²) in [7, 11) is 1.86. The monoisotopic (exact) mass is 256 g/mol. The molecule has 1 aromatic heterocycles. The van der Waals surface area contributed by atoms with Gasteiger partial charge in [0, 0.05) is 13.1 Å². The van der Waals surface area contributed by atoms with Crippen LogP contribution in [0.4, 0.5) is 11.6 Å². The van der Waals surface area contributed by atoms with Crippen LogP contribution in [0.3, 0.4) is 0 Å². The Morgan fingerprint density at radius 3 is 2.42 bits per heavy atom. The third-order valence-electron chi connectivity index (χ3n) is 3.03. The first-order valence-corrected chi connectivity index (χ1v) is 6.58. The summed E-state index contributed by atoms with van der Waals surface area (Å²) in [5.41, 5.74) is 1.27. The quantitative estimate of drug-likeness (QED) is 0.861. The van der Waals surface area contributed by atoms with Crippen molar-refractivity contribution in [2.45, 2.75) is 26.3 Å². The molecule has 0 aliphatic carbocycles. The Balaban J connectivity index is 2.21. The van der Waals surface area contributed by atoms with E-state index in [2.05, 4.69) is 51.8 Å². The van der Waals surface area contributed by atoms with Crippen molar-refractivity contribution in [1.82, 2.24) is 9.97 Å². The molecule has 0 spiro atoms. The van der Waals surface area contributed by atoms with Crippen LogP contribution in [0.5, 0.6) is 0 Å². The lowest BCUT2D eigenvalue weighted by atomic mass is 10.0. The van der Waals surface area contributed by atoms with Crippen molar-refractivity contribution in [2.75, 3.05) is 17.7 Å². The molecule has 0 saturated heterocycles. The number of rotatable bonds is 5. The zero-order valence-electron chi connectivity index (χ0n) is 11.6. The Labute approximate surface area is 114 Å². The molecule has 0 bridgehead atoms. The normalized spacial score (nSPS) is 11.9. The van der Waals surface area contributed by atoms with Crippen LogP contribution >= 0.6 is 0 Å². The van der Waals surface area contributed by atoms with E-state index in [0.29, 0.717) is 0 Å². The fraction of sp³-hybridized carbons (Fsp3) is 0.333. The summed E-state index contributed by atoms with van der Waals surface area (Å²) < 4.78 is 0. The number of anilines is 2. The Morgan fingerprint density at radius 2 is 1.79 bits per heavy atom. The van der Waals surface area contributed by atoms with E-state index in [1.165, 1.54) is 5.56 Å². The van der Waals surface area contributed by atoms with E-state index in [1.807, 2.05) is 26.1 Å². The summed E-state index contributed by atoms with van der Waals surface area (Å²) in [6.45, 7) is 4.06. The van der Waals surface area contributed by atoms with Crippen molar-refractivity contribution in [1.29, 1.82) is 0 Å². The topological polar surface area (TPSA) is 49.8 Å². The summed E-state index contributed by atoms with van der Waals surface area (Å²) in [6.07, 6.45) is 1.00. The molecular weight excluding hydrogens is 236 g/mol.